The highest BCUT2D eigenvalue weighted by Crippen LogP contribution is 2.41. The molecular weight excluding hydrogens is 308 g/mol. The lowest BCUT2D eigenvalue weighted by atomic mass is 9.79. The van der Waals surface area contributed by atoms with Crippen molar-refractivity contribution in [3.8, 4) is 0 Å². The van der Waals surface area contributed by atoms with Gasteiger partial charge >= 0.3 is 5.97 Å². The van der Waals surface area contributed by atoms with Crippen molar-refractivity contribution in [2.75, 3.05) is 0 Å². The Hall–Kier alpha value is -2.09. The molecule has 0 saturated carbocycles. The number of benzene rings is 1. The first-order valence-electron chi connectivity index (χ1n) is 9.26. The second-order valence-electron chi connectivity index (χ2n) is 8.21. The molecular formula is C23H28O2. The minimum atomic E-state index is -0.873. The van der Waals surface area contributed by atoms with Crippen molar-refractivity contribution >= 4 is 12.0 Å². The summed E-state index contributed by atoms with van der Waals surface area (Å²) >= 11 is 0. The molecule has 2 aliphatic carbocycles. The Morgan fingerprint density at radius 2 is 1.92 bits per heavy atom. The van der Waals surface area contributed by atoms with Crippen LogP contribution in [0.2, 0.25) is 0 Å². The van der Waals surface area contributed by atoms with E-state index >= 15 is 0 Å². The molecule has 0 radical (unpaired) electrons. The van der Waals surface area contributed by atoms with E-state index in [-0.39, 0.29) is 0 Å². The van der Waals surface area contributed by atoms with Crippen LogP contribution < -0.4 is 0 Å². The molecule has 2 nitrogen and oxygen atoms in total. The normalized spacial score (nSPS) is 23.2. The van der Waals surface area contributed by atoms with E-state index in [1.807, 2.05) is 12.1 Å². The summed E-state index contributed by atoms with van der Waals surface area (Å²) in [6.07, 6.45) is 13.0. The highest BCUT2D eigenvalue weighted by atomic mass is 16.4. The fourth-order valence-corrected chi connectivity index (χ4v) is 3.87. The summed E-state index contributed by atoms with van der Waals surface area (Å²) in [6.45, 7) is 6.86. The highest BCUT2D eigenvalue weighted by molar-refractivity contribution is 5.87. The molecule has 0 bridgehead atoms. The van der Waals surface area contributed by atoms with Crippen molar-refractivity contribution in [1.29, 1.82) is 0 Å². The number of carbonyl (C=O) groups is 1. The predicted molar refractivity (Wildman–Crippen MR) is 104 cm³/mol. The lowest BCUT2D eigenvalue weighted by molar-refractivity contribution is 0.0697. The molecule has 3 rings (SSSR count). The van der Waals surface area contributed by atoms with Gasteiger partial charge in [0.05, 0.1) is 5.56 Å². The number of aromatic carboxylic acids is 1. The summed E-state index contributed by atoms with van der Waals surface area (Å²) in [5.74, 6) is -0.286. The molecule has 1 unspecified atom stereocenters. The quantitative estimate of drug-likeness (QED) is 0.707. The molecule has 0 saturated heterocycles. The Morgan fingerprint density at radius 1 is 1.20 bits per heavy atom. The molecule has 0 fully saturated rings. The van der Waals surface area contributed by atoms with Crippen molar-refractivity contribution < 1.29 is 9.90 Å². The average Bonchev–Trinajstić information content (AvgIpc) is 2.73. The van der Waals surface area contributed by atoms with Gasteiger partial charge in [-0.3, -0.25) is 0 Å². The van der Waals surface area contributed by atoms with Crippen LogP contribution in [0.1, 0.15) is 68.8 Å². The van der Waals surface area contributed by atoms with Crippen molar-refractivity contribution in [1.82, 2.24) is 0 Å². The van der Waals surface area contributed by atoms with E-state index in [0.717, 1.165) is 12.0 Å². The molecule has 132 valence electrons. The minimum absolute atomic E-state index is 0.309. The van der Waals surface area contributed by atoms with Crippen LogP contribution in [0.25, 0.3) is 6.08 Å². The van der Waals surface area contributed by atoms with Gasteiger partial charge in [0.2, 0.25) is 0 Å². The number of carboxylic acids is 1. The van der Waals surface area contributed by atoms with E-state index in [2.05, 4.69) is 39.0 Å². The summed E-state index contributed by atoms with van der Waals surface area (Å²) in [7, 11) is 0. The number of hydrogen-bond acceptors (Lipinski definition) is 1. The zero-order chi connectivity index (χ0) is 18.0. The van der Waals surface area contributed by atoms with E-state index in [1.165, 1.54) is 31.3 Å². The fraction of sp³-hybridized carbons (Fsp3) is 0.435. The Balaban J connectivity index is 1.74. The molecule has 2 heteroatoms. The standard InChI is InChI=1S/C23H28O2/c1-16(14-17-4-6-19(7-5-17)22(24)25)20-9-8-18-10-12-23(2,3)13-11-21(18)15-20/h4-7,11,13-14,20H,8-10,12,15H2,1-3H3,(H,24,25). The van der Waals surface area contributed by atoms with Gasteiger partial charge in [-0.25, -0.2) is 4.79 Å². The van der Waals surface area contributed by atoms with Gasteiger partial charge in [-0.15, -0.1) is 0 Å². The van der Waals surface area contributed by atoms with Crippen LogP contribution in [0, 0.1) is 11.3 Å². The van der Waals surface area contributed by atoms with Gasteiger partial charge in [0, 0.05) is 0 Å². The van der Waals surface area contributed by atoms with Crippen LogP contribution in [0.4, 0.5) is 0 Å². The van der Waals surface area contributed by atoms with Crippen LogP contribution in [0.5, 0.6) is 0 Å². The number of carboxylic acid groups (broad SMARTS) is 1. The third kappa shape index (κ3) is 4.31. The average molecular weight is 336 g/mol. The number of allylic oxidation sites excluding steroid dienone is 5. The summed E-state index contributed by atoms with van der Waals surface area (Å²) in [5.41, 5.74) is 6.34. The van der Waals surface area contributed by atoms with E-state index < -0.39 is 5.97 Å². The Morgan fingerprint density at radius 3 is 2.60 bits per heavy atom. The smallest absolute Gasteiger partial charge is 0.335 e. The summed E-state index contributed by atoms with van der Waals surface area (Å²) < 4.78 is 0. The maximum atomic E-state index is 11.0. The van der Waals surface area contributed by atoms with E-state index in [4.69, 9.17) is 5.11 Å². The number of rotatable bonds is 3. The molecule has 0 spiro atoms. The van der Waals surface area contributed by atoms with Crippen molar-refractivity contribution in [3.05, 3.63) is 64.3 Å². The van der Waals surface area contributed by atoms with Gasteiger partial charge in [-0.05, 0) is 73.6 Å². The van der Waals surface area contributed by atoms with Crippen molar-refractivity contribution in [2.24, 2.45) is 11.3 Å². The minimum Gasteiger partial charge on any atom is -0.478 e. The summed E-state index contributed by atoms with van der Waals surface area (Å²) in [5, 5.41) is 9.00. The Bertz CT molecular complexity index is 745. The first-order chi connectivity index (χ1) is 11.8. The van der Waals surface area contributed by atoms with Crippen molar-refractivity contribution in [3.63, 3.8) is 0 Å². The molecule has 0 heterocycles. The Kier molecular flexibility index (Phi) is 4.99. The third-order valence-corrected chi connectivity index (χ3v) is 5.72. The molecule has 1 atom stereocenters. The second kappa shape index (κ2) is 7.03. The summed E-state index contributed by atoms with van der Waals surface area (Å²) in [4.78, 5) is 11.0. The second-order valence-corrected chi connectivity index (χ2v) is 8.21. The molecule has 0 aliphatic heterocycles. The molecule has 25 heavy (non-hydrogen) atoms. The first kappa shape index (κ1) is 17.7. The van der Waals surface area contributed by atoms with Gasteiger partial charge in [0.15, 0.2) is 0 Å². The maximum Gasteiger partial charge on any atom is 0.335 e. The van der Waals surface area contributed by atoms with Gasteiger partial charge in [-0.2, -0.15) is 0 Å². The summed E-state index contributed by atoms with van der Waals surface area (Å²) in [6, 6.07) is 7.15. The molecule has 0 aromatic heterocycles. The lowest BCUT2D eigenvalue weighted by Gasteiger charge is -2.27. The van der Waals surface area contributed by atoms with Gasteiger partial charge in [-0.1, -0.05) is 55.4 Å². The van der Waals surface area contributed by atoms with E-state index in [1.54, 1.807) is 23.3 Å². The molecule has 0 amide bonds. The first-order valence-corrected chi connectivity index (χ1v) is 9.26. The zero-order valence-corrected chi connectivity index (χ0v) is 15.5. The van der Waals surface area contributed by atoms with Crippen LogP contribution in [0.15, 0.2) is 53.1 Å². The van der Waals surface area contributed by atoms with E-state index in [0.29, 0.717) is 16.9 Å². The lowest BCUT2D eigenvalue weighted by Crippen LogP contribution is -2.11. The van der Waals surface area contributed by atoms with Crippen LogP contribution in [0.3, 0.4) is 0 Å². The monoisotopic (exact) mass is 336 g/mol. The highest BCUT2D eigenvalue weighted by Gasteiger charge is 2.25. The molecule has 1 N–H and O–H groups in total. The Labute approximate surface area is 151 Å². The van der Waals surface area contributed by atoms with E-state index in [9.17, 15) is 4.79 Å². The largest absolute Gasteiger partial charge is 0.478 e. The fourth-order valence-electron chi connectivity index (χ4n) is 3.87. The molecule has 1 aromatic carbocycles. The molecule has 2 aliphatic rings. The predicted octanol–water partition coefficient (Wildman–Crippen LogP) is 6.26. The SMILES string of the molecule is CC(=Cc1ccc(C(=O)O)cc1)C1CCC2=C(C=CC(C)(C)CC2)C1. The zero-order valence-electron chi connectivity index (χ0n) is 15.5. The maximum absolute atomic E-state index is 11.0. The van der Waals surface area contributed by atoms with Crippen LogP contribution in [-0.4, -0.2) is 11.1 Å². The van der Waals surface area contributed by atoms with Gasteiger partial charge in [0.25, 0.3) is 0 Å². The van der Waals surface area contributed by atoms with Gasteiger partial charge < -0.3 is 5.11 Å². The third-order valence-electron chi connectivity index (χ3n) is 5.72. The number of hydrogen-bond donors (Lipinski definition) is 1. The van der Waals surface area contributed by atoms with Crippen molar-refractivity contribution in [2.45, 2.75) is 52.9 Å². The van der Waals surface area contributed by atoms with Crippen LogP contribution in [-0.2, 0) is 0 Å². The van der Waals surface area contributed by atoms with Gasteiger partial charge in [0.1, 0.15) is 0 Å². The topological polar surface area (TPSA) is 37.3 Å². The van der Waals surface area contributed by atoms with Crippen LogP contribution >= 0.6 is 0 Å². The molecule has 1 aromatic rings.